The fraction of sp³-hybridized carbons (Fsp3) is 0.471. The summed E-state index contributed by atoms with van der Waals surface area (Å²) >= 11 is 0. The van der Waals surface area contributed by atoms with E-state index < -0.39 is 30.9 Å². The monoisotopic (exact) mass is 281 g/mol. The number of hydrogen-bond acceptors (Lipinski definition) is 0. The van der Waals surface area contributed by atoms with Crippen molar-refractivity contribution in [3.05, 3.63) is 54.0 Å². The van der Waals surface area contributed by atoms with E-state index in [1.807, 2.05) is 25.5 Å². The van der Waals surface area contributed by atoms with Gasteiger partial charge in [0.05, 0.1) is 13.3 Å². The maximum atomic E-state index is 13.8. The molecule has 0 spiro atoms. The van der Waals surface area contributed by atoms with Crippen molar-refractivity contribution >= 4 is 0 Å². The third-order valence-electron chi connectivity index (χ3n) is 4.60. The van der Waals surface area contributed by atoms with E-state index in [0.717, 1.165) is 5.57 Å². The molecule has 0 aromatic rings. The summed E-state index contributed by atoms with van der Waals surface area (Å²) in [5, 5.41) is 0. The second-order valence-electron chi connectivity index (χ2n) is 5.56. The van der Waals surface area contributed by atoms with E-state index >= 15 is 0 Å². The molecule has 2 unspecified atom stereocenters. The second-order valence-corrected chi connectivity index (χ2v) is 5.56. The van der Waals surface area contributed by atoms with Crippen molar-refractivity contribution in [2.75, 3.05) is 20.0 Å². The Kier molecular flexibility index (Phi) is 4.56. The number of allylic oxidation sites excluding steroid dienone is 8. The van der Waals surface area contributed by atoms with E-state index in [0.29, 0.717) is 18.4 Å². The standard InChI is InChI=1S/C17H20F3/c1-2-14-3-7-16(12-19,8-4-14)17(13-20)9-5-15(11-18)6-10-17/h2-7,9H,8,10-13H2,1H3. The van der Waals surface area contributed by atoms with Gasteiger partial charge in [0.15, 0.2) is 0 Å². The second kappa shape index (κ2) is 6.02. The van der Waals surface area contributed by atoms with Gasteiger partial charge in [-0.25, -0.2) is 4.39 Å². The molecule has 0 nitrogen and oxygen atoms in total. The van der Waals surface area contributed by atoms with Gasteiger partial charge in [-0.1, -0.05) is 43.4 Å². The molecular weight excluding hydrogens is 261 g/mol. The van der Waals surface area contributed by atoms with Crippen molar-refractivity contribution in [1.82, 2.24) is 0 Å². The zero-order valence-electron chi connectivity index (χ0n) is 11.7. The van der Waals surface area contributed by atoms with Crippen LogP contribution >= 0.6 is 0 Å². The smallest absolute Gasteiger partial charge is 0.114 e. The molecule has 109 valence electrons. The lowest BCUT2D eigenvalue weighted by Crippen LogP contribution is -2.44. The molecule has 20 heavy (non-hydrogen) atoms. The maximum Gasteiger partial charge on any atom is 0.114 e. The van der Waals surface area contributed by atoms with Crippen LogP contribution < -0.4 is 0 Å². The maximum absolute atomic E-state index is 13.8. The van der Waals surface area contributed by atoms with Crippen molar-refractivity contribution in [2.45, 2.75) is 19.8 Å². The molecule has 0 saturated heterocycles. The lowest BCUT2D eigenvalue weighted by Gasteiger charge is -2.46. The third kappa shape index (κ3) is 2.38. The van der Waals surface area contributed by atoms with Gasteiger partial charge < -0.3 is 0 Å². The number of rotatable bonds is 5. The average molecular weight is 281 g/mol. The first-order valence-electron chi connectivity index (χ1n) is 6.90. The molecule has 0 fully saturated rings. The minimum Gasteiger partial charge on any atom is -0.250 e. The predicted molar refractivity (Wildman–Crippen MR) is 76.4 cm³/mol. The van der Waals surface area contributed by atoms with Gasteiger partial charge in [-0.3, -0.25) is 8.78 Å². The van der Waals surface area contributed by atoms with E-state index in [4.69, 9.17) is 0 Å². The van der Waals surface area contributed by atoms with E-state index in [2.05, 4.69) is 0 Å². The van der Waals surface area contributed by atoms with Crippen LogP contribution in [-0.4, -0.2) is 20.0 Å². The van der Waals surface area contributed by atoms with Gasteiger partial charge >= 0.3 is 0 Å². The van der Waals surface area contributed by atoms with Gasteiger partial charge in [-0.2, -0.15) is 0 Å². The van der Waals surface area contributed by atoms with Crippen LogP contribution in [0.5, 0.6) is 0 Å². The molecule has 0 bridgehead atoms. The summed E-state index contributed by atoms with van der Waals surface area (Å²) in [5.41, 5.74) is -0.209. The number of hydrogen-bond donors (Lipinski definition) is 0. The summed E-state index contributed by atoms with van der Waals surface area (Å²) in [5.74, 6) is 0. The summed E-state index contributed by atoms with van der Waals surface area (Å²) < 4.78 is 40.2. The predicted octanol–water partition coefficient (Wildman–Crippen LogP) is 4.86. The summed E-state index contributed by atoms with van der Waals surface area (Å²) in [7, 11) is 0. The molecular formula is C17H20F3. The summed E-state index contributed by atoms with van der Waals surface area (Å²) in [4.78, 5) is 0. The zero-order valence-corrected chi connectivity index (χ0v) is 11.7. The summed E-state index contributed by atoms with van der Waals surface area (Å²) in [6, 6.07) is 0. The fourth-order valence-corrected chi connectivity index (χ4v) is 2.92. The molecule has 0 N–H and O–H groups in total. The molecule has 0 saturated carbocycles. The Morgan fingerprint density at radius 2 is 1.60 bits per heavy atom. The van der Waals surface area contributed by atoms with Crippen molar-refractivity contribution in [3.8, 4) is 0 Å². The highest BCUT2D eigenvalue weighted by atomic mass is 19.1. The Bertz CT molecular complexity index is 429. The van der Waals surface area contributed by atoms with Crippen LogP contribution in [0.4, 0.5) is 13.2 Å². The van der Waals surface area contributed by atoms with Crippen molar-refractivity contribution in [2.24, 2.45) is 10.8 Å². The first-order valence-corrected chi connectivity index (χ1v) is 6.90. The Labute approximate surface area is 118 Å². The lowest BCUT2D eigenvalue weighted by atomic mass is 9.58. The molecule has 2 aliphatic rings. The normalized spacial score (nSPS) is 33.0. The minimum absolute atomic E-state index is 0.340. The molecule has 2 aliphatic carbocycles. The first kappa shape index (κ1) is 15.1. The van der Waals surface area contributed by atoms with Crippen LogP contribution in [0.15, 0.2) is 47.6 Å². The molecule has 2 rings (SSSR count). The van der Waals surface area contributed by atoms with E-state index in [-0.39, 0.29) is 0 Å². The Morgan fingerprint density at radius 3 is 1.95 bits per heavy atom. The van der Waals surface area contributed by atoms with Crippen molar-refractivity contribution < 1.29 is 13.2 Å². The van der Waals surface area contributed by atoms with Crippen LogP contribution in [-0.2, 0) is 0 Å². The van der Waals surface area contributed by atoms with Gasteiger partial charge in [0, 0.05) is 10.8 Å². The summed E-state index contributed by atoms with van der Waals surface area (Å²) in [6.45, 7) is 0.0867. The van der Waals surface area contributed by atoms with Gasteiger partial charge in [0.2, 0.25) is 0 Å². The molecule has 0 aliphatic heterocycles. The highest BCUT2D eigenvalue weighted by Gasteiger charge is 2.48. The van der Waals surface area contributed by atoms with Gasteiger partial charge in [0.1, 0.15) is 6.67 Å². The van der Waals surface area contributed by atoms with Crippen LogP contribution in [0.2, 0.25) is 0 Å². The van der Waals surface area contributed by atoms with Crippen LogP contribution in [0.1, 0.15) is 19.8 Å². The Morgan fingerprint density at radius 1 is 1.00 bits per heavy atom. The first-order chi connectivity index (χ1) is 9.65. The van der Waals surface area contributed by atoms with Crippen molar-refractivity contribution in [3.63, 3.8) is 0 Å². The molecule has 0 aromatic carbocycles. The van der Waals surface area contributed by atoms with Crippen LogP contribution in [0, 0.1) is 17.3 Å². The van der Waals surface area contributed by atoms with E-state index in [1.165, 1.54) is 0 Å². The average Bonchev–Trinajstić information content (AvgIpc) is 2.54. The third-order valence-corrected chi connectivity index (χ3v) is 4.60. The number of halogens is 3. The SMILES string of the molecule is C[CH]C1=CCC(CF)(C2(CF)C=CC(CF)=CC2)C=C1. The quantitative estimate of drug-likeness (QED) is 0.674. The van der Waals surface area contributed by atoms with E-state index in [9.17, 15) is 13.2 Å². The molecule has 1 radical (unpaired) electrons. The summed E-state index contributed by atoms with van der Waals surface area (Å²) in [6.07, 6.45) is 13.3. The Balaban J connectivity index is 2.32. The lowest BCUT2D eigenvalue weighted by molar-refractivity contribution is 0.0720. The Hall–Kier alpha value is -1.25. The highest BCUT2D eigenvalue weighted by Crippen LogP contribution is 2.52. The van der Waals surface area contributed by atoms with Crippen LogP contribution in [0.25, 0.3) is 0 Å². The molecule has 0 aromatic heterocycles. The minimum atomic E-state index is -0.910. The molecule has 3 heteroatoms. The topological polar surface area (TPSA) is 0 Å². The molecule has 0 heterocycles. The van der Waals surface area contributed by atoms with Gasteiger partial charge in [0.25, 0.3) is 0 Å². The fourth-order valence-electron chi connectivity index (χ4n) is 2.92. The van der Waals surface area contributed by atoms with Gasteiger partial charge in [-0.15, -0.1) is 0 Å². The largest absolute Gasteiger partial charge is 0.250 e. The molecule has 0 amide bonds. The highest BCUT2D eigenvalue weighted by molar-refractivity contribution is 5.37. The number of alkyl halides is 3. The van der Waals surface area contributed by atoms with Crippen LogP contribution in [0.3, 0.4) is 0 Å². The van der Waals surface area contributed by atoms with Gasteiger partial charge in [-0.05, 0) is 30.4 Å². The van der Waals surface area contributed by atoms with E-state index in [1.54, 1.807) is 24.3 Å². The van der Waals surface area contributed by atoms with Crippen molar-refractivity contribution in [1.29, 1.82) is 0 Å². The molecule has 2 atom stereocenters. The zero-order chi connectivity index (χ0) is 14.6.